The van der Waals surface area contributed by atoms with E-state index in [9.17, 15) is 0 Å². The topological polar surface area (TPSA) is 268 Å². The Labute approximate surface area is 133 Å². The average Bonchev–Trinajstić information content (AvgIpc) is 2.16. The van der Waals surface area contributed by atoms with Gasteiger partial charge in [-0.25, -0.2) is 25.3 Å². The van der Waals surface area contributed by atoms with E-state index < -0.39 is 31.2 Å². The zero-order chi connectivity index (χ0) is 15.6. The molecule has 120 valence electrons. The largest absolute Gasteiger partial charge is 3.00 e. The molecule has 0 N–H and O–H groups in total. The zero-order valence-corrected chi connectivity index (χ0v) is 13.2. The van der Waals surface area contributed by atoms with Crippen molar-refractivity contribution >= 4 is 31.2 Å². The summed E-state index contributed by atoms with van der Waals surface area (Å²) < 4.78 is 86.5. The van der Waals surface area contributed by atoms with Gasteiger partial charge in [0.15, 0.2) is 0 Å². The summed E-state index contributed by atoms with van der Waals surface area (Å²) in [5, 5.41) is 25.7. The summed E-state index contributed by atoms with van der Waals surface area (Å²) in [6.07, 6.45) is 0. The third-order valence-corrected chi connectivity index (χ3v) is 0.750. The van der Waals surface area contributed by atoms with Crippen LogP contribution in [0, 0.1) is 0 Å². The Morgan fingerprint density at radius 1 is 0.500 bits per heavy atom. The van der Waals surface area contributed by atoms with Crippen LogP contribution < -0.4 is 15.8 Å². The van der Waals surface area contributed by atoms with Crippen LogP contribution in [0.4, 0.5) is 0 Å². The van der Waals surface area contributed by atoms with E-state index >= 15 is 0 Å². The van der Waals surface area contributed by atoms with Gasteiger partial charge in [-0.1, -0.05) is 0 Å². The summed E-state index contributed by atoms with van der Waals surface area (Å²) >= 11 is 0. The van der Waals surface area contributed by atoms with Gasteiger partial charge in [0.2, 0.25) is 31.2 Å². The Balaban J connectivity index is -0.0000000536. The fourth-order valence-electron chi connectivity index (χ4n) is 0. The van der Waals surface area contributed by atoms with E-state index in [1.165, 1.54) is 0 Å². The van der Waals surface area contributed by atoms with Crippen LogP contribution in [0.1, 0.15) is 0 Å². The molecule has 0 rings (SSSR count). The van der Waals surface area contributed by atoms with E-state index in [1.807, 2.05) is 0 Å². The minimum absolute atomic E-state index is 0. The summed E-state index contributed by atoms with van der Waals surface area (Å²) in [5.41, 5.74) is 0. The molecule has 2 radical (unpaired) electrons. The summed E-state index contributed by atoms with van der Waals surface area (Å²) in [6.45, 7) is 0. The third kappa shape index (κ3) is 62.6. The maximum Gasteiger partial charge on any atom is 3.00 e. The van der Waals surface area contributed by atoms with Crippen molar-refractivity contribution in [2.24, 2.45) is 0 Å². The summed E-state index contributed by atoms with van der Waals surface area (Å²) in [6, 6.07) is 0. The molecule has 0 atom stereocenters. The van der Waals surface area contributed by atoms with Crippen molar-refractivity contribution in [1.29, 1.82) is 0 Å². The van der Waals surface area contributed by atoms with Gasteiger partial charge >= 0.3 is 34.7 Å². The standard InChI is InChI=1S/2Cr.3H2O5S/c;;3*1-5-6(2,3)4/h;;3*1H,(H,2,3,4)/q2*+3;;;/p-6. The summed E-state index contributed by atoms with van der Waals surface area (Å²) in [7, 11) is -14.9. The van der Waals surface area contributed by atoms with Gasteiger partial charge in [0.1, 0.15) is 0 Å². The minimum atomic E-state index is -4.97. The SMILES string of the molecule is O=S(=O)([O-])O[O-].O=S(=O)([O-])O[O-].O=S(=O)([O-])O[O-].[Cr+3].[Cr+3]. The minimum Gasteiger partial charge on any atom is -0.726 e. The van der Waals surface area contributed by atoms with Crippen molar-refractivity contribution in [2.75, 3.05) is 0 Å². The monoisotopic (exact) mass is 440 g/mol. The zero-order valence-electron chi connectivity index (χ0n) is 8.16. The van der Waals surface area contributed by atoms with Gasteiger partial charge in [-0.05, 0) is 0 Å². The second-order valence-electron chi connectivity index (χ2n) is 1.43. The predicted octanol–water partition coefficient (Wildman–Crippen LogP) is -6.79. The molecule has 0 aliphatic heterocycles. The Bertz CT molecular complexity index is 403. The van der Waals surface area contributed by atoms with E-state index in [-0.39, 0.29) is 34.7 Å². The van der Waals surface area contributed by atoms with Crippen molar-refractivity contribution in [3.05, 3.63) is 0 Å². The normalized spacial score (nSPS) is 10.5. The van der Waals surface area contributed by atoms with E-state index in [4.69, 9.17) is 54.7 Å². The molecule has 20 heavy (non-hydrogen) atoms. The quantitative estimate of drug-likeness (QED) is 0.171. The molecule has 0 saturated carbocycles. The van der Waals surface area contributed by atoms with Crippen LogP contribution in [0.2, 0.25) is 0 Å². The molecule has 0 bridgehead atoms. The maximum atomic E-state index is 8.91. The van der Waals surface area contributed by atoms with Crippen LogP contribution in [0.5, 0.6) is 0 Å². The van der Waals surface area contributed by atoms with Crippen LogP contribution in [-0.2, 0) is 78.9 Å². The van der Waals surface area contributed by atoms with Gasteiger partial charge in [-0.3, -0.25) is 0 Å². The Hall–Kier alpha value is 0.555. The molecular formula is Cr2O15S3. The molecule has 0 heterocycles. The van der Waals surface area contributed by atoms with Gasteiger partial charge in [0, 0.05) is 0 Å². The average molecular weight is 440 g/mol. The van der Waals surface area contributed by atoms with Crippen LogP contribution in [0.15, 0.2) is 0 Å². The first-order chi connectivity index (χ1) is 7.68. The van der Waals surface area contributed by atoms with Gasteiger partial charge < -0.3 is 42.4 Å². The first-order valence-corrected chi connectivity index (χ1v) is 6.50. The molecule has 15 nitrogen and oxygen atoms in total. The fourth-order valence-corrected chi connectivity index (χ4v) is 0. The Kier molecular flexibility index (Phi) is 23.5. The first kappa shape index (κ1) is 32.5. The Morgan fingerprint density at radius 2 is 0.550 bits per heavy atom. The van der Waals surface area contributed by atoms with Crippen molar-refractivity contribution in [1.82, 2.24) is 0 Å². The van der Waals surface area contributed by atoms with E-state index in [0.29, 0.717) is 0 Å². The van der Waals surface area contributed by atoms with E-state index in [2.05, 4.69) is 13.0 Å². The van der Waals surface area contributed by atoms with Crippen LogP contribution in [-0.4, -0.2) is 38.9 Å². The van der Waals surface area contributed by atoms with E-state index in [1.54, 1.807) is 0 Å². The van der Waals surface area contributed by atoms with Crippen LogP contribution >= 0.6 is 0 Å². The summed E-state index contributed by atoms with van der Waals surface area (Å²) in [5.74, 6) is 0. The van der Waals surface area contributed by atoms with Crippen molar-refractivity contribution in [3.8, 4) is 0 Å². The van der Waals surface area contributed by atoms with Crippen molar-refractivity contribution < 1.29 is 102 Å². The second kappa shape index (κ2) is 14.5. The molecule has 20 heteroatoms. The smallest absolute Gasteiger partial charge is 0.726 e. The predicted molar refractivity (Wildman–Crippen MR) is 32.3 cm³/mol. The van der Waals surface area contributed by atoms with Crippen molar-refractivity contribution in [2.45, 2.75) is 0 Å². The molecule has 0 aliphatic rings. The summed E-state index contributed by atoms with van der Waals surface area (Å²) in [4.78, 5) is 0. The van der Waals surface area contributed by atoms with Crippen molar-refractivity contribution in [3.63, 3.8) is 0 Å². The molecule has 0 aromatic heterocycles. The molecule has 0 fully saturated rings. The maximum absolute atomic E-state index is 8.91. The second-order valence-corrected chi connectivity index (χ2v) is 4.29. The van der Waals surface area contributed by atoms with Crippen LogP contribution in [0.25, 0.3) is 0 Å². The third-order valence-electron chi connectivity index (χ3n) is 0.250. The molecule has 0 aromatic rings. The molecule has 0 aromatic carbocycles. The molecule has 0 amide bonds. The van der Waals surface area contributed by atoms with Gasteiger partial charge in [0.25, 0.3) is 0 Å². The number of rotatable bonds is 3. The van der Waals surface area contributed by atoms with E-state index in [0.717, 1.165) is 0 Å². The van der Waals surface area contributed by atoms with Gasteiger partial charge in [-0.15, -0.1) is 0 Å². The van der Waals surface area contributed by atoms with Gasteiger partial charge in [0.05, 0.1) is 0 Å². The number of hydrogen-bond donors (Lipinski definition) is 0. The van der Waals surface area contributed by atoms with Crippen LogP contribution in [0.3, 0.4) is 0 Å². The number of hydrogen-bond acceptors (Lipinski definition) is 15. The molecular weight excluding hydrogens is 440 g/mol. The first-order valence-electron chi connectivity index (χ1n) is 2.50. The molecule has 0 saturated heterocycles. The molecule has 0 aliphatic carbocycles. The molecule has 0 unspecified atom stereocenters. The fraction of sp³-hybridized carbons (Fsp3) is 0. The Morgan fingerprint density at radius 3 is 0.550 bits per heavy atom. The molecule has 0 spiro atoms. The van der Waals surface area contributed by atoms with Gasteiger partial charge in [-0.2, -0.15) is 0 Å².